The highest BCUT2D eigenvalue weighted by molar-refractivity contribution is 9.10. The topological polar surface area (TPSA) is 86.3 Å². The number of carbonyl (C=O) groups is 1. The number of rotatable bonds is 7. The number of aromatic nitrogens is 2. The van der Waals surface area contributed by atoms with E-state index in [-0.39, 0.29) is 24.3 Å². The molecule has 9 nitrogen and oxygen atoms in total. The molecule has 2 bridgehead atoms. The number of amides is 1. The number of fused-ring (bicyclic) bond motifs is 3. The van der Waals surface area contributed by atoms with E-state index in [4.69, 9.17) is 28.9 Å². The molecule has 3 aliphatic heterocycles. The van der Waals surface area contributed by atoms with Gasteiger partial charge in [-0.25, -0.2) is 4.79 Å². The minimum Gasteiger partial charge on any atom is -0.485 e. The number of piperazine rings is 1. The Kier molecular flexibility index (Phi) is 7.62. The molecule has 43 heavy (non-hydrogen) atoms. The van der Waals surface area contributed by atoms with Gasteiger partial charge >= 0.3 is 12.1 Å². The Labute approximate surface area is 261 Å². The normalized spacial score (nSPS) is 22.3. The second kappa shape index (κ2) is 11.4. The van der Waals surface area contributed by atoms with Crippen molar-refractivity contribution in [3.05, 3.63) is 52.0 Å². The molecule has 10 heteroatoms. The zero-order chi connectivity index (χ0) is 29.7. The van der Waals surface area contributed by atoms with Crippen LogP contribution < -0.4 is 14.4 Å². The number of benzene rings is 2. The molecule has 228 valence electrons. The zero-order valence-corrected chi connectivity index (χ0v) is 26.6. The van der Waals surface area contributed by atoms with Crippen molar-refractivity contribution in [2.75, 3.05) is 31.2 Å². The highest BCUT2D eigenvalue weighted by atomic mass is 79.9. The molecule has 4 heterocycles. The van der Waals surface area contributed by atoms with E-state index in [9.17, 15) is 4.79 Å². The Hall–Kier alpha value is -3.11. The van der Waals surface area contributed by atoms with Crippen molar-refractivity contribution in [2.24, 2.45) is 0 Å². The van der Waals surface area contributed by atoms with Crippen molar-refractivity contribution in [3.8, 4) is 11.8 Å². The molecule has 7 rings (SSSR count). The van der Waals surface area contributed by atoms with Crippen LogP contribution in [0.25, 0.3) is 10.9 Å². The molecule has 0 unspecified atom stereocenters. The van der Waals surface area contributed by atoms with Crippen molar-refractivity contribution < 1.29 is 23.7 Å². The van der Waals surface area contributed by atoms with Crippen molar-refractivity contribution in [3.63, 3.8) is 0 Å². The lowest BCUT2D eigenvalue weighted by molar-refractivity contribution is 0.0206. The predicted molar refractivity (Wildman–Crippen MR) is 167 cm³/mol. The third-order valence-corrected chi connectivity index (χ3v) is 9.51. The molecule has 2 atom stereocenters. The minimum atomic E-state index is -0.527. The number of hydrogen-bond acceptors (Lipinski definition) is 8. The third kappa shape index (κ3) is 6.00. The second-order valence-corrected chi connectivity index (χ2v) is 13.9. The number of ether oxygens (including phenoxy) is 4. The summed E-state index contributed by atoms with van der Waals surface area (Å²) >= 11 is 3.91. The summed E-state index contributed by atoms with van der Waals surface area (Å²) in [5.41, 5.74) is 2.54. The Morgan fingerprint density at radius 3 is 2.49 bits per heavy atom. The highest BCUT2D eigenvalue weighted by Gasteiger charge is 2.48. The maximum Gasteiger partial charge on any atom is 0.410 e. The highest BCUT2D eigenvalue weighted by Crippen LogP contribution is 2.50. The molecule has 1 aliphatic carbocycles. The first-order chi connectivity index (χ1) is 20.7. The largest absolute Gasteiger partial charge is 0.485 e. The number of nitrogens with zero attached hydrogens (tertiary/aromatic N) is 4. The van der Waals surface area contributed by atoms with Gasteiger partial charge in [0.25, 0.3) is 0 Å². The van der Waals surface area contributed by atoms with Crippen LogP contribution in [0.3, 0.4) is 0 Å². The van der Waals surface area contributed by atoms with Crippen molar-refractivity contribution >= 4 is 38.7 Å². The van der Waals surface area contributed by atoms with Crippen LogP contribution >= 0.6 is 15.9 Å². The summed E-state index contributed by atoms with van der Waals surface area (Å²) in [4.78, 5) is 27.3. The number of hydrogen-bond donors (Lipinski definition) is 0. The van der Waals surface area contributed by atoms with E-state index in [1.807, 2.05) is 43.9 Å². The maximum absolute atomic E-state index is 13.0. The molecule has 1 amide bonds. The summed E-state index contributed by atoms with van der Waals surface area (Å²) in [7, 11) is 0. The van der Waals surface area contributed by atoms with E-state index < -0.39 is 5.60 Å². The first kappa shape index (κ1) is 28.6. The van der Waals surface area contributed by atoms with E-state index >= 15 is 0 Å². The van der Waals surface area contributed by atoms with Gasteiger partial charge in [-0.05, 0) is 79.1 Å². The molecular formula is C33H39BrN4O5. The summed E-state index contributed by atoms with van der Waals surface area (Å²) in [6, 6.07) is 13.0. The first-order valence-corrected chi connectivity index (χ1v) is 16.2. The molecule has 0 N–H and O–H groups in total. The van der Waals surface area contributed by atoms with Crippen LogP contribution in [0.4, 0.5) is 10.6 Å². The number of likely N-dealkylation sites (tertiary alicyclic amines) is 1. The lowest BCUT2D eigenvalue weighted by Crippen LogP contribution is -2.50. The Morgan fingerprint density at radius 2 is 1.81 bits per heavy atom. The summed E-state index contributed by atoms with van der Waals surface area (Å²) in [5.74, 6) is 2.06. The van der Waals surface area contributed by atoms with Gasteiger partial charge in [-0.15, -0.1) is 0 Å². The average Bonchev–Trinajstić information content (AvgIpc) is 3.62. The van der Waals surface area contributed by atoms with Gasteiger partial charge in [0.15, 0.2) is 5.75 Å². The molecule has 0 spiro atoms. The molecule has 1 saturated carbocycles. The van der Waals surface area contributed by atoms with Crippen LogP contribution in [0.1, 0.15) is 69.9 Å². The fourth-order valence-corrected chi connectivity index (χ4v) is 7.18. The average molecular weight is 652 g/mol. The molecule has 1 aromatic heterocycles. The fraction of sp³-hybridized carbons (Fsp3) is 0.545. The summed E-state index contributed by atoms with van der Waals surface area (Å²) in [6.45, 7) is 8.78. The first-order valence-electron chi connectivity index (χ1n) is 15.4. The van der Waals surface area contributed by atoms with Crippen molar-refractivity contribution in [2.45, 2.75) is 89.2 Å². The number of anilines is 1. The van der Waals surface area contributed by atoms with Crippen LogP contribution in [-0.4, -0.2) is 71.1 Å². The lowest BCUT2D eigenvalue weighted by atomic mass is 10.1. The lowest BCUT2D eigenvalue weighted by Gasteiger charge is -2.36. The monoisotopic (exact) mass is 650 g/mol. The van der Waals surface area contributed by atoms with Crippen LogP contribution in [0.2, 0.25) is 0 Å². The third-order valence-electron chi connectivity index (χ3n) is 8.70. The molecule has 4 aliphatic rings. The summed E-state index contributed by atoms with van der Waals surface area (Å²) in [5, 5.41) is 0.962. The Balaban J connectivity index is 1.28. The maximum atomic E-state index is 13.0. The van der Waals surface area contributed by atoms with E-state index in [2.05, 4.69) is 39.0 Å². The van der Waals surface area contributed by atoms with E-state index in [1.165, 1.54) is 5.56 Å². The van der Waals surface area contributed by atoms with Crippen LogP contribution in [-0.2, 0) is 16.1 Å². The van der Waals surface area contributed by atoms with Gasteiger partial charge in [-0.2, -0.15) is 9.97 Å². The predicted octanol–water partition coefficient (Wildman–Crippen LogP) is 6.60. The van der Waals surface area contributed by atoms with Gasteiger partial charge in [0.05, 0.1) is 29.8 Å². The minimum absolute atomic E-state index is 0.000366. The van der Waals surface area contributed by atoms with Crippen molar-refractivity contribution in [1.29, 1.82) is 0 Å². The molecule has 3 aromatic rings. The van der Waals surface area contributed by atoms with E-state index in [0.29, 0.717) is 44.8 Å². The smallest absolute Gasteiger partial charge is 0.410 e. The zero-order valence-electron chi connectivity index (χ0n) is 25.1. The number of carbonyl (C=O) groups excluding carboxylic acids is 1. The fourth-order valence-electron chi connectivity index (χ4n) is 6.44. The van der Waals surface area contributed by atoms with Gasteiger partial charge in [0.1, 0.15) is 29.6 Å². The van der Waals surface area contributed by atoms with Gasteiger partial charge < -0.3 is 28.7 Å². The Bertz CT molecular complexity index is 1500. The van der Waals surface area contributed by atoms with E-state index in [0.717, 1.165) is 64.6 Å². The van der Waals surface area contributed by atoms with Gasteiger partial charge in [-0.1, -0.05) is 30.3 Å². The molecule has 4 fully saturated rings. The molecular weight excluding hydrogens is 612 g/mol. The standard InChI is InChI=1S/C33H39BrN4O5/c1-33(2,3)43-32(39)38-18-22-15-23(38)17-37(22)30-26-16-25(21-9-10-21)27(34)29(41-19-20-7-5-4-6-8-20)28(26)35-31(36-30)42-24-11-13-40-14-12-24/h4-8,16,21-24H,9-15,17-19H2,1-3H3/t22-,23-/m0/s1. The van der Waals surface area contributed by atoms with Crippen LogP contribution in [0.15, 0.2) is 40.9 Å². The van der Waals surface area contributed by atoms with E-state index in [1.54, 1.807) is 0 Å². The molecule has 2 aromatic carbocycles. The molecule has 3 saturated heterocycles. The second-order valence-electron chi connectivity index (χ2n) is 13.1. The van der Waals surface area contributed by atoms with Gasteiger partial charge in [-0.3, -0.25) is 0 Å². The van der Waals surface area contributed by atoms with Crippen LogP contribution in [0, 0.1) is 0 Å². The Morgan fingerprint density at radius 1 is 1.05 bits per heavy atom. The number of halogens is 1. The van der Waals surface area contributed by atoms with Crippen molar-refractivity contribution in [1.82, 2.24) is 14.9 Å². The van der Waals surface area contributed by atoms with Gasteiger partial charge in [0, 0.05) is 31.3 Å². The summed E-state index contributed by atoms with van der Waals surface area (Å²) in [6.07, 6.45) is 4.55. The van der Waals surface area contributed by atoms with Gasteiger partial charge in [0.2, 0.25) is 0 Å². The molecule has 0 radical (unpaired) electrons. The SMILES string of the molecule is CC(C)(C)OC(=O)N1C[C@@H]2C[C@H]1CN2c1nc(OC2CCOCC2)nc2c(OCc3ccccc3)c(Br)c(C3CC3)cc12. The quantitative estimate of drug-likeness (QED) is 0.283. The van der Waals surface area contributed by atoms with Crippen LogP contribution in [0.5, 0.6) is 11.8 Å². The summed E-state index contributed by atoms with van der Waals surface area (Å²) < 4.78 is 25.2.